The Bertz CT molecular complexity index is 506. The summed E-state index contributed by atoms with van der Waals surface area (Å²) in [6.45, 7) is 6.10. The van der Waals surface area contributed by atoms with Gasteiger partial charge in [0.05, 0.1) is 5.69 Å². The van der Waals surface area contributed by atoms with Gasteiger partial charge in [0.25, 0.3) is 0 Å². The molecule has 0 fully saturated rings. The molecular formula is C16H21N3. The lowest BCUT2D eigenvalue weighted by Gasteiger charge is -2.05. The van der Waals surface area contributed by atoms with Crippen LogP contribution in [0.4, 0.5) is 0 Å². The molecule has 1 heterocycles. The summed E-state index contributed by atoms with van der Waals surface area (Å²) in [4.78, 5) is 8.94. The number of rotatable bonds is 6. The molecule has 19 heavy (non-hydrogen) atoms. The second kappa shape index (κ2) is 7.00. The third kappa shape index (κ3) is 4.45. The van der Waals surface area contributed by atoms with Crippen molar-refractivity contribution in [1.82, 2.24) is 15.3 Å². The summed E-state index contributed by atoms with van der Waals surface area (Å²) < 4.78 is 0. The molecule has 3 nitrogen and oxygen atoms in total. The Hall–Kier alpha value is -1.74. The second-order valence-electron chi connectivity index (χ2n) is 4.80. The fraction of sp³-hybridized carbons (Fsp3) is 0.375. The maximum atomic E-state index is 4.59. The molecule has 0 aliphatic heterocycles. The maximum Gasteiger partial charge on any atom is 0.132 e. The van der Waals surface area contributed by atoms with Gasteiger partial charge in [-0.1, -0.05) is 36.8 Å². The average Bonchev–Trinajstić information content (AvgIpc) is 2.42. The van der Waals surface area contributed by atoms with E-state index >= 15 is 0 Å². The molecule has 100 valence electrons. The average molecular weight is 255 g/mol. The fourth-order valence-corrected chi connectivity index (χ4v) is 1.91. The minimum absolute atomic E-state index is 0.794. The highest BCUT2D eigenvalue weighted by Crippen LogP contribution is 2.07. The van der Waals surface area contributed by atoms with Crippen molar-refractivity contribution in [3.63, 3.8) is 0 Å². The van der Waals surface area contributed by atoms with Gasteiger partial charge in [0.2, 0.25) is 0 Å². The van der Waals surface area contributed by atoms with Crippen molar-refractivity contribution in [2.24, 2.45) is 0 Å². The molecule has 3 heteroatoms. The number of aromatic nitrogens is 2. The number of benzene rings is 1. The third-order valence-corrected chi connectivity index (χ3v) is 2.98. The predicted molar refractivity (Wildman–Crippen MR) is 78.0 cm³/mol. The topological polar surface area (TPSA) is 37.8 Å². The van der Waals surface area contributed by atoms with Crippen LogP contribution in [0.1, 0.15) is 36.0 Å². The first-order valence-corrected chi connectivity index (χ1v) is 6.85. The molecule has 1 aromatic carbocycles. The number of hydrogen-bond donors (Lipinski definition) is 1. The van der Waals surface area contributed by atoms with Crippen molar-refractivity contribution < 1.29 is 0 Å². The van der Waals surface area contributed by atoms with E-state index in [4.69, 9.17) is 0 Å². The SMILES string of the molecule is CCCNCc1ccnc(Cc2ccc(C)cc2)n1. The van der Waals surface area contributed by atoms with Gasteiger partial charge in [0.1, 0.15) is 5.82 Å². The molecule has 0 unspecified atom stereocenters. The van der Waals surface area contributed by atoms with Crippen molar-refractivity contribution in [2.75, 3.05) is 6.54 Å². The molecule has 0 aliphatic carbocycles. The highest BCUT2D eigenvalue weighted by molar-refractivity contribution is 5.24. The molecule has 0 bridgehead atoms. The normalized spacial score (nSPS) is 10.6. The number of aryl methyl sites for hydroxylation is 1. The first-order valence-electron chi connectivity index (χ1n) is 6.85. The molecule has 0 aliphatic rings. The molecule has 2 aromatic rings. The maximum absolute atomic E-state index is 4.59. The minimum Gasteiger partial charge on any atom is -0.311 e. The fourth-order valence-electron chi connectivity index (χ4n) is 1.91. The molecule has 0 saturated heterocycles. The predicted octanol–water partition coefficient (Wildman–Crippen LogP) is 2.88. The van der Waals surface area contributed by atoms with Crippen LogP contribution in [0.5, 0.6) is 0 Å². The van der Waals surface area contributed by atoms with Crippen LogP contribution in [0.25, 0.3) is 0 Å². The quantitative estimate of drug-likeness (QED) is 0.807. The molecule has 0 amide bonds. The van der Waals surface area contributed by atoms with Crippen LogP contribution in [-0.2, 0) is 13.0 Å². The lowest BCUT2D eigenvalue weighted by Crippen LogP contribution is -2.15. The Morgan fingerprint density at radius 2 is 1.89 bits per heavy atom. The van der Waals surface area contributed by atoms with E-state index in [0.717, 1.165) is 37.4 Å². The van der Waals surface area contributed by atoms with Crippen molar-refractivity contribution in [2.45, 2.75) is 33.2 Å². The standard InChI is InChI=1S/C16H21N3/c1-3-9-17-12-15-8-10-18-16(19-15)11-14-6-4-13(2)5-7-14/h4-8,10,17H,3,9,11-12H2,1-2H3. The molecule has 0 radical (unpaired) electrons. The van der Waals surface area contributed by atoms with E-state index in [1.165, 1.54) is 11.1 Å². The summed E-state index contributed by atoms with van der Waals surface area (Å²) in [5.74, 6) is 0.889. The molecule has 0 saturated carbocycles. The number of nitrogens with one attached hydrogen (secondary N) is 1. The van der Waals surface area contributed by atoms with Crippen molar-refractivity contribution in [3.8, 4) is 0 Å². The minimum atomic E-state index is 0.794. The monoisotopic (exact) mass is 255 g/mol. The van der Waals surface area contributed by atoms with Crippen LogP contribution < -0.4 is 5.32 Å². The van der Waals surface area contributed by atoms with Gasteiger partial charge in [-0.3, -0.25) is 0 Å². The molecule has 2 rings (SSSR count). The number of hydrogen-bond acceptors (Lipinski definition) is 3. The van der Waals surface area contributed by atoms with Crippen LogP contribution in [0.15, 0.2) is 36.5 Å². The lowest BCUT2D eigenvalue weighted by atomic mass is 10.1. The van der Waals surface area contributed by atoms with Gasteiger partial charge in [-0.15, -0.1) is 0 Å². The highest BCUT2D eigenvalue weighted by atomic mass is 14.9. The summed E-state index contributed by atoms with van der Waals surface area (Å²) in [5, 5.41) is 3.36. The van der Waals surface area contributed by atoms with Crippen LogP contribution in [0.3, 0.4) is 0 Å². The van der Waals surface area contributed by atoms with E-state index in [2.05, 4.69) is 53.4 Å². The van der Waals surface area contributed by atoms with Crippen molar-refractivity contribution in [1.29, 1.82) is 0 Å². The van der Waals surface area contributed by atoms with E-state index in [9.17, 15) is 0 Å². The van der Waals surface area contributed by atoms with Gasteiger partial charge < -0.3 is 5.32 Å². The van der Waals surface area contributed by atoms with Gasteiger partial charge in [0.15, 0.2) is 0 Å². The summed E-state index contributed by atoms with van der Waals surface area (Å²) in [6.07, 6.45) is 3.78. The zero-order valence-corrected chi connectivity index (χ0v) is 11.7. The third-order valence-electron chi connectivity index (χ3n) is 2.98. The largest absolute Gasteiger partial charge is 0.311 e. The Balaban J connectivity index is 2.00. The van der Waals surface area contributed by atoms with Crippen LogP contribution in [-0.4, -0.2) is 16.5 Å². The molecule has 0 atom stereocenters. The zero-order valence-electron chi connectivity index (χ0n) is 11.7. The van der Waals surface area contributed by atoms with Crippen molar-refractivity contribution >= 4 is 0 Å². The molecule has 0 spiro atoms. The Labute approximate surface area is 115 Å². The summed E-state index contributed by atoms with van der Waals surface area (Å²) >= 11 is 0. The van der Waals surface area contributed by atoms with Gasteiger partial charge in [-0.2, -0.15) is 0 Å². The Kier molecular flexibility index (Phi) is 5.04. The highest BCUT2D eigenvalue weighted by Gasteiger charge is 2.01. The first kappa shape index (κ1) is 13.7. The molecular weight excluding hydrogens is 234 g/mol. The summed E-state index contributed by atoms with van der Waals surface area (Å²) in [7, 11) is 0. The van der Waals surface area contributed by atoms with Crippen LogP contribution >= 0.6 is 0 Å². The van der Waals surface area contributed by atoms with Crippen LogP contribution in [0, 0.1) is 6.92 Å². The first-order chi connectivity index (χ1) is 9.28. The van der Waals surface area contributed by atoms with Gasteiger partial charge >= 0.3 is 0 Å². The van der Waals surface area contributed by atoms with E-state index < -0.39 is 0 Å². The van der Waals surface area contributed by atoms with Crippen LogP contribution in [0.2, 0.25) is 0 Å². The smallest absolute Gasteiger partial charge is 0.132 e. The summed E-state index contributed by atoms with van der Waals surface area (Å²) in [5.41, 5.74) is 3.59. The van der Waals surface area contributed by atoms with Gasteiger partial charge in [0, 0.05) is 19.2 Å². The van der Waals surface area contributed by atoms with E-state index in [1.807, 2.05) is 12.3 Å². The van der Waals surface area contributed by atoms with E-state index in [0.29, 0.717) is 0 Å². The van der Waals surface area contributed by atoms with Gasteiger partial charge in [-0.25, -0.2) is 9.97 Å². The Morgan fingerprint density at radius 1 is 1.11 bits per heavy atom. The zero-order chi connectivity index (χ0) is 13.5. The summed E-state index contributed by atoms with van der Waals surface area (Å²) in [6, 6.07) is 10.5. The van der Waals surface area contributed by atoms with E-state index in [-0.39, 0.29) is 0 Å². The second-order valence-corrected chi connectivity index (χ2v) is 4.80. The molecule has 1 aromatic heterocycles. The lowest BCUT2D eigenvalue weighted by molar-refractivity contribution is 0.659. The molecule has 1 N–H and O–H groups in total. The van der Waals surface area contributed by atoms with Gasteiger partial charge in [-0.05, 0) is 31.5 Å². The number of nitrogens with zero attached hydrogens (tertiary/aromatic N) is 2. The van der Waals surface area contributed by atoms with E-state index in [1.54, 1.807) is 0 Å². The van der Waals surface area contributed by atoms with Crippen molar-refractivity contribution in [3.05, 3.63) is 59.2 Å². The Morgan fingerprint density at radius 3 is 2.63 bits per heavy atom.